The molecule has 0 bridgehead atoms. The van der Waals surface area contributed by atoms with E-state index in [1.54, 1.807) is 0 Å². The van der Waals surface area contributed by atoms with Crippen LogP contribution in [0.3, 0.4) is 0 Å². The fraction of sp³-hybridized carbons (Fsp3) is 0.0714. The van der Waals surface area contributed by atoms with Crippen LogP contribution in [-0.4, -0.2) is 14.5 Å². The van der Waals surface area contributed by atoms with E-state index in [2.05, 4.69) is 88.6 Å². The first-order valence-electron chi connectivity index (χ1n) is 10.9. The van der Waals surface area contributed by atoms with Crippen LogP contribution in [0.1, 0.15) is 17.7 Å². The Bertz CT molecular complexity index is 1670. The van der Waals surface area contributed by atoms with Crippen LogP contribution in [0.2, 0.25) is 0 Å². The molecule has 0 atom stereocenters. The van der Waals surface area contributed by atoms with Crippen LogP contribution < -0.4 is 0 Å². The molecule has 0 radical (unpaired) electrons. The quantitative estimate of drug-likeness (QED) is 0.287. The maximum Gasteiger partial charge on any atom is 0.0974 e. The minimum absolute atomic E-state index is 0.988. The third kappa shape index (κ3) is 2.47. The lowest BCUT2D eigenvalue weighted by atomic mass is 10.0. The number of aromatic nitrogens is 3. The molecule has 1 aliphatic rings. The van der Waals surface area contributed by atoms with Crippen LogP contribution in [0.4, 0.5) is 0 Å². The fourth-order valence-corrected chi connectivity index (χ4v) is 6.19. The summed E-state index contributed by atoms with van der Waals surface area (Å²) in [5.74, 6) is 0. The van der Waals surface area contributed by atoms with Gasteiger partial charge in [-0.3, -0.25) is 9.97 Å². The van der Waals surface area contributed by atoms with Gasteiger partial charge in [0.15, 0.2) is 0 Å². The Morgan fingerprint density at radius 3 is 2.66 bits per heavy atom. The predicted octanol–water partition coefficient (Wildman–Crippen LogP) is 7.41. The molecule has 32 heavy (non-hydrogen) atoms. The average molecular weight is 430 g/mol. The summed E-state index contributed by atoms with van der Waals surface area (Å²) in [6.07, 6.45) is 10.5. The summed E-state index contributed by atoms with van der Waals surface area (Å²) in [5, 5.41) is 2.51. The number of rotatable bonds is 2. The number of hydrogen-bond donors (Lipinski definition) is 0. The van der Waals surface area contributed by atoms with Gasteiger partial charge in [0.25, 0.3) is 0 Å². The highest BCUT2D eigenvalue weighted by Crippen LogP contribution is 2.43. The molecule has 0 fully saturated rings. The predicted molar refractivity (Wildman–Crippen MR) is 135 cm³/mol. The summed E-state index contributed by atoms with van der Waals surface area (Å²) < 4.78 is 5.06. The van der Waals surface area contributed by atoms with Crippen molar-refractivity contribution in [3.8, 4) is 16.9 Å². The monoisotopic (exact) mass is 429 g/mol. The zero-order chi connectivity index (χ0) is 21.1. The van der Waals surface area contributed by atoms with Crippen LogP contribution in [0.15, 0.2) is 85.2 Å². The number of pyridine rings is 2. The molecule has 152 valence electrons. The highest BCUT2D eigenvalue weighted by molar-refractivity contribution is 7.26. The molecular weight excluding hydrogens is 410 g/mol. The Balaban J connectivity index is 1.67. The van der Waals surface area contributed by atoms with E-state index in [4.69, 9.17) is 4.98 Å². The molecule has 4 aromatic heterocycles. The van der Waals surface area contributed by atoms with Crippen LogP contribution in [0, 0.1) is 0 Å². The standard InChI is InChI=1S/C28H19N3S/c1-4-13-23(19(10-1)22-12-7-8-16-29-22)31-24-14-5-2-11-20(24)26-27(31)28-21(17-30-26)18-9-3-6-15-25(18)32-28/h1-4,6-13,15-17H,5,14H2. The third-order valence-corrected chi connectivity index (χ3v) is 7.57. The van der Waals surface area contributed by atoms with E-state index in [0.717, 1.165) is 29.6 Å². The van der Waals surface area contributed by atoms with Crippen molar-refractivity contribution in [1.29, 1.82) is 0 Å². The summed E-state index contributed by atoms with van der Waals surface area (Å²) in [5.41, 5.74) is 8.18. The smallest absolute Gasteiger partial charge is 0.0974 e. The van der Waals surface area contributed by atoms with Crippen molar-refractivity contribution in [3.05, 3.63) is 96.5 Å². The fourth-order valence-electron chi connectivity index (χ4n) is 4.98. The van der Waals surface area contributed by atoms with Gasteiger partial charge in [-0.1, -0.05) is 54.6 Å². The van der Waals surface area contributed by atoms with E-state index >= 15 is 0 Å². The molecule has 4 heterocycles. The zero-order valence-electron chi connectivity index (χ0n) is 17.3. The van der Waals surface area contributed by atoms with E-state index in [-0.39, 0.29) is 0 Å². The summed E-state index contributed by atoms with van der Waals surface area (Å²) in [6.45, 7) is 0. The lowest BCUT2D eigenvalue weighted by molar-refractivity contribution is 0.890. The largest absolute Gasteiger partial charge is 0.309 e. The second-order valence-electron chi connectivity index (χ2n) is 8.17. The molecule has 2 aromatic carbocycles. The third-order valence-electron chi connectivity index (χ3n) is 6.37. The van der Waals surface area contributed by atoms with Gasteiger partial charge in [-0.05, 0) is 37.1 Å². The second kappa shape index (κ2) is 6.87. The van der Waals surface area contributed by atoms with E-state index in [0.29, 0.717) is 0 Å². The Kier molecular flexibility index (Phi) is 3.84. The van der Waals surface area contributed by atoms with Crippen molar-refractivity contribution in [3.63, 3.8) is 0 Å². The molecule has 0 N–H and O–H groups in total. The highest BCUT2D eigenvalue weighted by atomic mass is 32.1. The van der Waals surface area contributed by atoms with Crippen LogP contribution in [-0.2, 0) is 6.42 Å². The average Bonchev–Trinajstić information content (AvgIpc) is 3.40. The zero-order valence-corrected chi connectivity index (χ0v) is 18.1. The Morgan fingerprint density at radius 2 is 1.72 bits per heavy atom. The first kappa shape index (κ1) is 17.9. The molecule has 0 spiro atoms. The lowest BCUT2D eigenvalue weighted by Crippen LogP contribution is -2.04. The summed E-state index contributed by atoms with van der Waals surface area (Å²) >= 11 is 1.86. The van der Waals surface area contributed by atoms with Gasteiger partial charge in [-0.2, -0.15) is 0 Å². The van der Waals surface area contributed by atoms with Gasteiger partial charge in [0.05, 0.1) is 27.1 Å². The van der Waals surface area contributed by atoms with Crippen molar-refractivity contribution < 1.29 is 0 Å². The van der Waals surface area contributed by atoms with E-state index in [1.807, 2.05) is 23.6 Å². The van der Waals surface area contributed by atoms with Gasteiger partial charge in [-0.25, -0.2) is 0 Å². The molecule has 7 rings (SSSR count). The number of benzene rings is 2. The second-order valence-corrected chi connectivity index (χ2v) is 9.22. The van der Waals surface area contributed by atoms with Gasteiger partial charge < -0.3 is 4.57 Å². The summed E-state index contributed by atoms with van der Waals surface area (Å²) in [4.78, 5) is 9.68. The van der Waals surface area contributed by atoms with Gasteiger partial charge in [0.2, 0.25) is 0 Å². The Labute approximate surface area is 189 Å². The molecule has 0 unspecified atom stereocenters. The van der Waals surface area contributed by atoms with Crippen molar-refractivity contribution in [2.45, 2.75) is 12.8 Å². The van der Waals surface area contributed by atoms with E-state index in [9.17, 15) is 0 Å². The molecule has 0 aliphatic heterocycles. The highest BCUT2D eigenvalue weighted by Gasteiger charge is 2.24. The number of nitrogens with zero attached hydrogens (tertiary/aromatic N) is 3. The first-order valence-corrected chi connectivity index (χ1v) is 11.7. The van der Waals surface area contributed by atoms with Gasteiger partial charge in [-0.15, -0.1) is 11.3 Å². The summed E-state index contributed by atoms with van der Waals surface area (Å²) in [6, 6.07) is 23.4. The molecule has 1 aliphatic carbocycles. The summed E-state index contributed by atoms with van der Waals surface area (Å²) in [7, 11) is 0. The minimum atomic E-state index is 0.988. The van der Waals surface area contributed by atoms with E-state index in [1.165, 1.54) is 42.6 Å². The van der Waals surface area contributed by atoms with Crippen molar-refractivity contribution >= 4 is 48.6 Å². The van der Waals surface area contributed by atoms with Gasteiger partial charge in [0, 0.05) is 44.7 Å². The Morgan fingerprint density at radius 1 is 0.844 bits per heavy atom. The van der Waals surface area contributed by atoms with Crippen molar-refractivity contribution in [1.82, 2.24) is 14.5 Å². The maximum absolute atomic E-state index is 5.01. The van der Waals surface area contributed by atoms with Crippen molar-refractivity contribution in [2.24, 2.45) is 0 Å². The van der Waals surface area contributed by atoms with E-state index < -0.39 is 0 Å². The molecule has 0 amide bonds. The maximum atomic E-state index is 5.01. The first-order chi connectivity index (χ1) is 15.9. The molecule has 0 saturated heterocycles. The number of allylic oxidation sites excluding steroid dienone is 1. The molecule has 6 aromatic rings. The number of para-hydroxylation sites is 1. The number of hydrogen-bond acceptors (Lipinski definition) is 3. The normalized spacial score (nSPS) is 13.2. The minimum Gasteiger partial charge on any atom is -0.309 e. The van der Waals surface area contributed by atoms with Crippen LogP contribution >= 0.6 is 11.3 Å². The SMILES string of the molecule is C1=Cc2c(n(-c3ccccc3-c3ccccn3)c3c2ncc2c4ccccc4sc23)CC1. The topological polar surface area (TPSA) is 30.7 Å². The molecule has 3 nitrogen and oxygen atoms in total. The molecular formula is C28H19N3S. The molecule has 4 heteroatoms. The number of fused-ring (bicyclic) bond motifs is 7. The molecule has 0 saturated carbocycles. The lowest BCUT2D eigenvalue weighted by Gasteiger charge is -2.16. The Hall–Kier alpha value is -3.76. The van der Waals surface area contributed by atoms with Crippen molar-refractivity contribution in [2.75, 3.05) is 0 Å². The van der Waals surface area contributed by atoms with Crippen LogP contribution in [0.25, 0.3) is 54.2 Å². The van der Waals surface area contributed by atoms with Crippen LogP contribution in [0.5, 0.6) is 0 Å². The van der Waals surface area contributed by atoms with Gasteiger partial charge in [0.1, 0.15) is 0 Å². The number of thiophene rings is 1. The van der Waals surface area contributed by atoms with Gasteiger partial charge >= 0.3 is 0 Å².